The zero-order valence-electron chi connectivity index (χ0n) is 8.61. The van der Waals surface area contributed by atoms with Gasteiger partial charge in [0.15, 0.2) is 0 Å². The zero-order valence-corrected chi connectivity index (χ0v) is 8.61. The van der Waals surface area contributed by atoms with E-state index in [9.17, 15) is 5.11 Å². The SMILES string of the molecule is Nc1ncnc2c1ccn2[C@H]1C=C[C@@H](O)C1. The van der Waals surface area contributed by atoms with Gasteiger partial charge in [0.25, 0.3) is 0 Å². The normalized spacial score (nSPS) is 24.3. The molecule has 0 saturated heterocycles. The fourth-order valence-electron chi connectivity index (χ4n) is 2.13. The van der Waals surface area contributed by atoms with Crippen molar-refractivity contribution in [3.8, 4) is 0 Å². The van der Waals surface area contributed by atoms with Crippen LogP contribution in [-0.2, 0) is 0 Å². The van der Waals surface area contributed by atoms with Crippen LogP contribution in [0.4, 0.5) is 5.82 Å². The quantitative estimate of drug-likeness (QED) is 0.693. The van der Waals surface area contributed by atoms with Crippen LogP contribution < -0.4 is 5.73 Å². The molecule has 0 unspecified atom stereocenters. The van der Waals surface area contributed by atoms with Gasteiger partial charge in [0.1, 0.15) is 17.8 Å². The lowest BCUT2D eigenvalue weighted by molar-refractivity contribution is 0.211. The molecule has 0 amide bonds. The molecule has 1 aliphatic carbocycles. The Morgan fingerprint density at radius 2 is 2.25 bits per heavy atom. The summed E-state index contributed by atoms with van der Waals surface area (Å²) in [5.41, 5.74) is 6.58. The Morgan fingerprint density at radius 1 is 1.38 bits per heavy atom. The van der Waals surface area contributed by atoms with Gasteiger partial charge in [-0.3, -0.25) is 0 Å². The van der Waals surface area contributed by atoms with Gasteiger partial charge < -0.3 is 15.4 Å². The second kappa shape index (κ2) is 3.31. The summed E-state index contributed by atoms with van der Waals surface area (Å²) in [4.78, 5) is 8.18. The van der Waals surface area contributed by atoms with E-state index in [1.807, 2.05) is 22.9 Å². The molecule has 3 rings (SSSR count). The standard InChI is InChI=1S/C11H12N4O/c12-10-9-3-4-15(11(9)14-6-13-10)7-1-2-8(16)5-7/h1-4,6-8,16H,5H2,(H2,12,13,14)/t7-,8+/m0/s1. The van der Waals surface area contributed by atoms with Crippen molar-refractivity contribution in [2.45, 2.75) is 18.6 Å². The molecule has 3 N–H and O–H groups in total. The van der Waals surface area contributed by atoms with E-state index in [1.165, 1.54) is 6.33 Å². The van der Waals surface area contributed by atoms with Crippen LogP contribution in [0.2, 0.25) is 0 Å². The molecule has 82 valence electrons. The molecule has 2 atom stereocenters. The van der Waals surface area contributed by atoms with Gasteiger partial charge in [0.2, 0.25) is 0 Å². The van der Waals surface area contributed by atoms with Gasteiger partial charge >= 0.3 is 0 Å². The first-order valence-corrected chi connectivity index (χ1v) is 5.19. The molecule has 0 spiro atoms. The number of nitrogens with zero attached hydrogens (tertiary/aromatic N) is 3. The van der Waals surface area contributed by atoms with Crippen molar-refractivity contribution in [3.05, 3.63) is 30.7 Å². The second-order valence-electron chi connectivity index (χ2n) is 3.97. The summed E-state index contributed by atoms with van der Waals surface area (Å²) in [6, 6.07) is 2.06. The van der Waals surface area contributed by atoms with Crippen LogP contribution in [0.5, 0.6) is 0 Å². The van der Waals surface area contributed by atoms with Crippen molar-refractivity contribution in [3.63, 3.8) is 0 Å². The van der Waals surface area contributed by atoms with Crippen LogP contribution in [0.25, 0.3) is 11.0 Å². The highest BCUT2D eigenvalue weighted by Gasteiger charge is 2.20. The molecule has 16 heavy (non-hydrogen) atoms. The number of anilines is 1. The molecule has 0 radical (unpaired) electrons. The highest BCUT2D eigenvalue weighted by Crippen LogP contribution is 2.28. The van der Waals surface area contributed by atoms with E-state index in [2.05, 4.69) is 9.97 Å². The van der Waals surface area contributed by atoms with Crippen LogP contribution in [0.15, 0.2) is 30.7 Å². The minimum absolute atomic E-state index is 0.154. The van der Waals surface area contributed by atoms with Crippen LogP contribution in [-0.4, -0.2) is 25.7 Å². The smallest absolute Gasteiger partial charge is 0.146 e. The number of allylic oxidation sites excluding steroid dienone is 1. The van der Waals surface area contributed by atoms with Gasteiger partial charge in [0.05, 0.1) is 17.5 Å². The van der Waals surface area contributed by atoms with E-state index in [4.69, 9.17) is 5.73 Å². The number of fused-ring (bicyclic) bond motifs is 1. The maximum absolute atomic E-state index is 9.47. The van der Waals surface area contributed by atoms with E-state index in [-0.39, 0.29) is 12.1 Å². The fraction of sp³-hybridized carbons (Fsp3) is 0.273. The molecule has 1 aliphatic rings. The first-order valence-electron chi connectivity index (χ1n) is 5.19. The Hall–Kier alpha value is -1.88. The number of rotatable bonds is 1. The summed E-state index contributed by atoms with van der Waals surface area (Å²) in [7, 11) is 0. The molecule has 0 fully saturated rings. The molecule has 0 saturated carbocycles. The lowest BCUT2D eigenvalue weighted by atomic mass is 10.2. The largest absolute Gasteiger partial charge is 0.389 e. The molecule has 0 aromatic carbocycles. The Labute approximate surface area is 92.2 Å². The Morgan fingerprint density at radius 3 is 3.00 bits per heavy atom. The molecular formula is C11H12N4O. The van der Waals surface area contributed by atoms with Crippen molar-refractivity contribution in [1.29, 1.82) is 0 Å². The third-order valence-corrected chi connectivity index (χ3v) is 2.94. The van der Waals surface area contributed by atoms with Crippen LogP contribution in [0.1, 0.15) is 12.5 Å². The maximum atomic E-state index is 9.47. The van der Waals surface area contributed by atoms with Crippen molar-refractivity contribution >= 4 is 16.9 Å². The summed E-state index contributed by atoms with van der Waals surface area (Å²) < 4.78 is 2.01. The highest BCUT2D eigenvalue weighted by molar-refractivity contribution is 5.86. The average Bonchev–Trinajstić information content (AvgIpc) is 2.84. The monoisotopic (exact) mass is 216 g/mol. The molecule has 0 bridgehead atoms. The molecule has 5 heteroatoms. The molecule has 5 nitrogen and oxygen atoms in total. The van der Waals surface area contributed by atoms with E-state index >= 15 is 0 Å². The Kier molecular flexibility index (Phi) is 1.94. The molecule has 2 aromatic rings. The van der Waals surface area contributed by atoms with Gasteiger partial charge in [-0.05, 0) is 6.07 Å². The van der Waals surface area contributed by atoms with Crippen molar-refractivity contribution in [2.75, 3.05) is 5.73 Å². The van der Waals surface area contributed by atoms with E-state index in [0.29, 0.717) is 12.2 Å². The lowest BCUT2D eigenvalue weighted by Gasteiger charge is -2.12. The Bertz CT molecular complexity index is 560. The van der Waals surface area contributed by atoms with Gasteiger partial charge in [-0.2, -0.15) is 0 Å². The van der Waals surface area contributed by atoms with Crippen molar-refractivity contribution in [2.24, 2.45) is 0 Å². The number of hydrogen-bond donors (Lipinski definition) is 2. The second-order valence-corrected chi connectivity index (χ2v) is 3.97. The van der Waals surface area contributed by atoms with Crippen LogP contribution in [0.3, 0.4) is 0 Å². The highest BCUT2D eigenvalue weighted by atomic mass is 16.3. The van der Waals surface area contributed by atoms with E-state index in [0.717, 1.165) is 11.0 Å². The summed E-state index contributed by atoms with van der Waals surface area (Å²) in [6.45, 7) is 0. The topological polar surface area (TPSA) is 77.0 Å². The van der Waals surface area contributed by atoms with Gasteiger partial charge in [-0.15, -0.1) is 0 Å². The molecule has 2 heterocycles. The van der Waals surface area contributed by atoms with Gasteiger partial charge in [0, 0.05) is 12.6 Å². The first kappa shape index (κ1) is 9.35. The summed E-state index contributed by atoms with van der Waals surface area (Å²) in [5, 5.41) is 10.3. The van der Waals surface area contributed by atoms with Gasteiger partial charge in [-0.1, -0.05) is 12.2 Å². The summed E-state index contributed by atoms with van der Waals surface area (Å²) in [5.74, 6) is 0.492. The summed E-state index contributed by atoms with van der Waals surface area (Å²) >= 11 is 0. The van der Waals surface area contributed by atoms with Crippen LogP contribution >= 0.6 is 0 Å². The van der Waals surface area contributed by atoms with E-state index < -0.39 is 0 Å². The Balaban J connectivity index is 2.12. The van der Waals surface area contributed by atoms with Gasteiger partial charge in [-0.25, -0.2) is 9.97 Å². The molecule has 0 aliphatic heterocycles. The minimum Gasteiger partial charge on any atom is -0.389 e. The predicted octanol–water partition coefficient (Wildman–Crippen LogP) is 0.875. The number of aromatic nitrogens is 3. The van der Waals surface area contributed by atoms with Crippen LogP contribution in [0, 0.1) is 0 Å². The number of aliphatic hydroxyl groups is 1. The number of nitrogens with two attached hydrogens (primary N) is 1. The first-order chi connectivity index (χ1) is 7.75. The fourth-order valence-corrected chi connectivity index (χ4v) is 2.13. The third-order valence-electron chi connectivity index (χ3n) is 2.94. The minimum atomic E-state index is -0.360. The number of hydrogen-bond acceptors (Lipinski definition) is 4. The predicted molar refractivity (Wildman–Crippen MR) is 60.7 cm³/mol. The summed E-state index contributed by atoms with van der Waals surface area (Å²) in [6.07, 6.45) is 7.52. The van der Waals surface area contributed by atoms with Crippen molar-refractivity contribution < 1.29 is 5.11 Å². The maximum Gasteiger partial charge on any atom is 0.146 e. The third kappa shape index (κ3) is 1.29. The lowest BCUT2D eigenvalue weighted by Crippen LogP contribution is -2.08. The molecular weight excluding hydrogens is 204 g/mol. The zero-order chi connectivity index (χ0) is 11.1. The molecule has 2 aromatic heterocycles. The number of aliphatic hydroxyl groups excluding tert-OH is 1. The average molecular weight is 216 g/mol. The number of nitrogen functional groups attached to an aromatic ring is 1. The van der Waals surface area contributed by atoms with E-state index in [1.54, 1.807) is 6.08 Å². The van der Waals surface area contributed by atoms with Crippen molar-refractivity contribution in [1.82, 2.24) is 14.5 Å².